The van der Waals surface area contributed by atoms with Crippen molar-refractivity contribution in [1.29, 1.82) is 0 Å². The molecule has 0 saturated carbocycles. The maximum atomic E-state index is 13.1. The second-order valence-corrected chi connectivity index (χ2v) is 5.60. The topological polar surface area (TPSA) is 72.2 Å². The molecule has 0 fully saturated rings. The van der Waals surface area contributed by atoms with E-state index in [1.807, 2.05) is 0 Å². The lowest BCUT2D eigenvalue weighted by Crippen LogP contribution is -2.46. The SMILES string of the molecule is NC(=O)[C@H](Cc1cccc(Cl)c1)NC(=O)Cc1cccc(F)c1. The van der Waals surface area contributed by atoms with Gasteiger partial charge in [-0.05, 0) is 35.4 Å². The maximum Gasteiger partial charge on any atom is 0.240 e. The Balaban J connectivity index is 2.01. The Hall–Kier alpha value is -2.40. The van der Waals surface area contributed by atoms with E-state index < -0.39 is 23.7 Å². The highest BCUT2D eigenvalue weighted by atomic mass is 35.5. The summed E-state index contributed by atoms with van der Waals surface area (Å²) in [4.78, 5) is 23.6. The molecule has 0 spiro atoms. The summed E-state index contributed by atoms with van der Waals surface area (Å²) in [7, 11) is 0. The Bertz CT molecular complexity index is 721. The number of amides is 2. The summed E-state index contributed by atoms with van der Waals surface area (Å²) in [5.74, 6) is -1.46. The molecule has 3 N–H and O–H groups in total. The zero-order valence-electron chi connectivity index (χ0n) is 12.3. The minimum atomic E-state index is -0.852. The molecular weight excluding hydrogens is 319 g/mol. The lowest BCUT2D eigenvalue weighted by atomic mass is 10.0. The van der Waals surface area contributed by atoms with Gasteiger partial charge in [-0.2, -0.15) is 0 Å². The van der Waals surface area contributed by atoms with Gasteiger partial charge >= 0.3 is 0 Å². The van der Waals surface area contributed by atoms with Crippen molar-refractivity contribution < 1.29 is 14.0 Å². The fourth-order valence-electron chi connectivity index (χ4n) is 2.20. The number of halogens is 2. The number of hydrogen-bond acceptors (Lipinski definition) is 2. The number of carbonyl (C=O) groups is 2. The largest absolute Gasteiger partial charge is 0.368 e. The highest BCUT2D eigenvalue weighted by molar-refractivity contribution is 6.30. The van der Waals surface area contributed by atoms with Gasteiger partial charge in [-0.3, -0.25) is 9.59 Å². The smallest absolute Gasteiger partial charge is 0.240 e. The number of primary amides is 1. The molecule has 2 aromatic rings. The lowest BCUT2D eigenvalue weighted by Gasteiger charge is -2.16. The average Bonchev–Trinajstić information content (AvgIpc) is 2.46. The summed E-state index contributed by atoms with van der Waals surface area (Å²) >= 11 is 5.90. The van der Waals surface area contributed by atoms with Gasteiger partial charge in [0.25, 0.3) is 0 Å². The van der Waals surface area contributed by atoms with Gasteiger partial charge in [0.2, 0.25) is 11.8 Å². The molecule has 0 aliphatic heterocycles. The average molecular weight is 335 g/mol. The fraction of sp³-hybridized carbons (Fsp3) is 0.176. The van der Waals surface area contributed by atoms with Gasteiger partial charge in [0, 0.05) is 11.4 Å². The number of nitrogens with two attached hydrogens (primary N) is 1. The summed E-state index contributed by atoms with van der Waals surface area (Å²) in [5.41, 5.74) is 6.65. The van der Waals surface area contributed by atoms with Gasteiger partial charge in [-0.1, -0.05) is 35.9 Å². The van der Waals surface area contributed by atoms with Crippen molar-refractivity contribution in [1.82, 2.24) is 5.32 Å². The van der Waals surface area contributed by atoms with Crippen molar-refractivity contribution in [2.45, 2.75) is 18.9 Å². The Morgan fingerprint density at radius 3 is 2.48 bits per heavy atom. The molecule has 2 rings (SSSR count). The molecule has 2 aromatic carbocycles. The van der Waals surface area contributed by atoms with Gasteiger partial charge in [-0.15, -0.1) is 0 Å². The number of rotatable bonds is 6. The predicted molar refractivity (Wildman–Crippen MR) is 86.4 cm³/mol. The molecule has 0 aliphatic rings. The molecule has 0 unspecified atom stereocenters. The molecule has 1 atom stereocenters. The Kier molecular flexibility index (Phi) is 5.71. The second-order valence-electron chi connectivity index (χ2n) is 5.16. The van der Waals surface area contributed by atoms with Gasteiger partial charge < -0.3 is 11.1 Å². The third-order valence-corrected chi connectivity index (χ3v) is 3.50. The number of nitrogens with one attached hydrogen (secondary N) is 1. The molecule has 0 aromatic heterocycles. The quantitative estimate of drug-likeness (QED) is 0.850. The molecule has 0 aliphatic carbocycles. The van der Waals surface area contributed by atoms with Gasteiger partial charge in [0.15, 0.2) is 0 Å². The minimum Gasteiger partial charge on any atom is -0.368 e. The second kappa shape index (κ2) is 7.74. The van der Waals surface area contributed by atoms with Crippen LogP contribution in [0, 0.1) is 5.82 Å². The standard InChI is InChI=1S/C17H16ClFN2O2/c18-13-5-1-3-11(7-13)9-15(17(20)23)21-16(22)10-12-4-2-6-14(19)8-12/h1-8,15H,9-10H2,(H2,20,23)(H,21,22)/t15-/m0/s1. The molecule has 0 saturated heterocycles. The Morgan fingerprint density at radius 1 is 1.13 bits per heavy atom. The summed E-state index contributed by atoms with van der Waals surface area (Å²) in [6.07, 6.45) is 0.210. The molecule has 0 radical (unpaired) electrons. The monoisotopic (exact) mass is 334 g/mol. The van der Waals surface area contributed by atoms with Crippen LogP contribution in [-0.2, 0) is 22.4 Å². The van der Waals surface area contributed by atoms with Crippen LogP contribution in [0.5, 0.6) is 0 Å². The zero-order valence-corrected chi connectivity index (χ0v) is 13.0. The van der Waals surface area contributed by atoms with E-state index in [0.717, 1.165) is 5.56 Å². The van der Waals surface area contributed by atoms with Crippen LogP contribution in [0.4, 0.5) is 4.39 Å². The minimum absolute atomic E-state index is 0.0307. The van der Waals surface area contributed by atoms with Gasteiger partial charge in [0.05, 0.1) is 6.42 Å². The fourth-order valence-corrected chi connectivity index (χ4v) is 2.41. The first-order valence-corrected chi connectivity index (χ1v) is 7.39. The summed E-state index contributed by atoms with van der Waals surface area (Å²) in [5, 5.41) is 3.11. The summed E-state index contributed by atoms with van der Waals surface area (Å²) < 4.78 is 13.1. The van der Waals surface area contributed by atoms with Crippen molar-refractivity contribution >= 4 is 23.4 Å². The molecule has 23 heavy (non-hydrogen) atoms. The van der Waals surface area contributed by atoms with Crippen molar-refractivity contribution in [3.63, 3.8) is 0 Å². The Morgan fingerprint density at radius 2 is 1.83 bits per heavy atom. The molecule has 4 nitrogen and oxygen atoms in total. The van der Waals surface area contributed by atoms with Crippen LogP contribution in [0.2, 0.25) is 5.02 Å². The molecule has 6 heteroatoms. The maximum absolute atomic E-state index is 13.1. The lowest BCUT2D eigenvalue weighted by molar-refractivity contribution is -0.127. The number of hydrogen-bond donors (Lipinski definition) is 2. The van der Waals surface area contributed by atoms with E-state index in [1.54, 1.807) is 30.3 Å². The van der Waals surface area contributed by atoms with Crippen LogP contribution >= 0.6 is 11.6 Å². The summed E-state index contributed by atoms with van der Waals surface area (Å²) in [6, 6.07) is 11.8. The molecule has 120 valence electrons. The molecule has 0 heterocycles. The normalized spacial score (nSPS) is 11.7. The molecular formula is C17H16ClFN2O2. The summed E-state index contributed by atoms with van der Waals surface area (Å²) in [6.45, 7) is 0. The third kappa shape index (κ3) is 5.38. The van der Waals surface area contributed by atoms with Gasteiger partial charge in [0.1, 0.15) is 11.9 Å². The molecule has 2 amide bonds. The molecule has 0 bridgehead atoms. The number of benzene rings is 2. The first kappa shape index (κ1) is 17.0. The van der Waals surface area contributed by atoms with E-state index in [1.165, 1.54) is 18.2 Å². The van der Waals surface area contributed by atoms with Crippen LogP contribution < -0.4 is 11.1 Å². The third-order valence-electron chi connectivity index (χ3n) is 3.26. The van der Waals surface area contributed by atoms with Crippen LogP contribution in [-0.4, -0.2) is 17.9 Å². The van der Waals surface area contributed by atoms with Crippen molar-refractivity contribution in [2.75, 3.05) is 0 Å². The Labute approximate surface area is 138 Å². The van der Waals surface area contributed by atoms with E-state index >= 15 is 0 Å². The van der Waals surface area contributed by atoms with E-state index in [2.05, 4.69) is 5.32 Å². The highest BCUT2D eigenvalue weighted by Gasteiger charge is 2.19. The van der Waals surface area contributed by atoms with Crippen LogP contribution in [0.25, 0.3) is 0 Å². The first-order valence-electron chi connectivity index (χ1n) is 7.01. The predicted octanol–water partition coefficient (Wildman–Crippen LogP) is 2.23. The van der Waals surface area contributed by atoms with Crippen molar-refractivity contribution in [3.05, 3.63) is 70.5 Å². The first-order chi connectivity index (χ1) is 10.9. The van der Waals surface area contributed by atoms with E-state index in [-0.39, 0.29) is 12.8 Å². The van der Waals surface area contributed by atoms with Crippen LogP contribution in [0.15, 0.2) is 48.5 Å². The van der Waals surface area contributed by atoms with Crippen molar-refractivity contribution in [2.24, 2.45) is 5.73 Å². The van der Waals surface area contributed by atoms with E-state index in [4.69, 9.17) is 17.3 Å². The highest BCUT2D eigenvalue weighted by Crippen LogP contribution is 2.12. The van der Waals surface area contributed by atoms with E-state index in [9.17, 15) is 14.0 Å². The zero-order chi connectivity index (χ0) is 16.8. The van der Waals surface area contributed by atoms with Crippen LogP contribution in [0.3, 0.4) is 0 Å². The number of carbonyl (C=O) groups excluding carboxylic acids is 2. The van der Waals surface area contributed by atoms with Crippen molar-refractivity contribution in [3.8, 4) is 0 Å². The van der Waals surface area contributed by atoms with E-state index in [0.29, 0.717) is 10.6 Å². The van der Waals surface area contributed by atoms with Crippen LogP contribution in [0.1, 0.15) is 11.1 Å². The van der Waals surface area contributed by atoms with Gasteiger partial charge in [-0.25, -0.2) is 4.39 Å².